The van der Waals surface area contributed by atoms with Gasteiger partial charge in [0.25, 0.3) is 5.91 Å². The number of benzene rings is 1. The molecule has 20 heavy (non-hydrogen) atoms. The van der Waals surface area contributed by atoms with Crippen LogP contribution in [0.2, 0.25) is 0 Å². The molecule has 5 nitrogen and oxygen atoms in total. The van der Waals surface area contributed by atoms with Crippen LogP contribution in [0.5, 0.6) is 0 Å². The molecule has 1 aromatic carbocycles. The summed E-state index contributed by atoms with van der Waals surface area (Å²) in [6.45, 7) is 2.01. The van der Waals surface area contributed by atoms with Crippen molar-refractivity contribution < 1.29 is 4.79 Å². The first-order chi connectivity index (χ1) is 9.75. The van der Waals surface area contributed by atoms with Crippen molar-refractivity contribution >= 4 is 17.3 Å². The molecule has 0 unspecified atom stereocenters. The fraction of sp³-hybridized carbons (Fsp3) is 0.133. The fourth-order valence-corrected chi connectivity index (χ4v) is 1.58. The third-order valence-corrected chi connectivity index (χ3v) is 2.67. The van der Waals surface area contributed by atoms with Crippen LogP contribution in [0.3, 0.4) is 0 Å². The summed E-state index contributed by atoms with van der Waals surface area (Å²) in [6, 6.07) is 13.2. The van der Waals surface area contributed by atoms with Crippen molar-refractivity contribution in [1.29, 1.82) is 0 Å². The number of aromatic nitrogens is 1. The van der Waals surface area contributed by atoms with E-state index in [1.165, 1.54) is 0 Å². The topological polar surface area (TPSA) is 66.4 Å². The molecule has 5 heteroatoms. The van der Waals surface area contributed by atoms with Gasteiger partial charge < -0.3 is 5.32 Å². The number of hydrogen-bond donors (Lipinski definition) is 2. The molecule has 2 N–H and O–H groups in total. The SMILES string of the molecule is C/C(=N/NC(=O)CNc1ccccc1)c1ccncc1. The molecule has 1 aromatic heterocycles. The number of nitrogens with one attached hydrogen (secondary N) is 2. The van der Waals surface area contributed by atoms with Crippen molar-refractivity contribution in [2.75, 3.05) is 11.9 Å². The van der Waals surface area contributed by atoms with Crippen molar-refractivity contribution in [3.05, 3.63) is 60.4 Å². The summed E-state index contributed by atoms with van der Waals surface area (Å²) in [5.74, 6) is -0.192. The molecule has 0 saturated carbocycles. The molecule has 0 aliphatic heterocycles. The van der Waals surface area contributed by atoms with Gasteiger partial charge in [-0.15, -0.1) is 0 Å². The van der Waals surface area contributed by atoms with E-state index in [0.717, 1.165) is 17.0 Å². The Kier molecular flexibility index (Phi) is 4.83. The van der Waals surface area contributed by atoms with Crippen LogP contribution in [0.4, 0.5) is 5.69 Å². The lowest BCUT2D eigenvalue weighted by Gasteiger charge is -2.05. The van der Waals surface area contributed by atoms with Crippen LogP contribution < -0.4 is 10.7 Å². The zero-order chi connectivity index (χ0) is 14.2. The zero-order valence-electron chi connectivity index (χ0n) is 11.2. The molecular weight excluding hydrogens is 252 g/mol. The first-order valence-electron chi connectivity index (χ1n) is 6.28. The number of pyridine rings is 1. The van der Waals surface area contributed by atoms with Crippen LogP contribution in [0.15, 0.2) is 60.0 Å². The summed E-state index contributed by atoms with van der Waals surface area (Å²) in [4.78, 5) is 15.6. The maximum absolute atomic E-state index is 11.7. The number of amides is 1. The Bertz CT molecular complexity index is 581. The Morgan fingerprint density at radius 1 is 1.15 bits per heavy atom. The lowest BCUT2D eigenvalue weighted by atomic mass is 10.2. The number of anilines is 1. The molecule has 102 valence electrons. The molecule has 0 fully saturated rings. The van der Waals surface area contributed by atoms with Gasteiger partial charge in [0.15, 0.2) is 0 Å². The smallest absolute Gasteiger partial charge is 0.259 e. The molecular formula is C15H16N4O. The van der Waals surface area contributed by atoms with Crippen LogP contribution in [0.1, 0.15) is 12.5 Å². The highest BCUT2D eigenvalue weighted by atomic mass is 16.2. The molecule has 0 saturated heterocycles. The van der Waals surface area contributed by atoms with Crippen LogP contribution in [0, 0.1) is 0 Å². The van der Waals surface area contributed by atoms with Gasteiger partial charge in [-0.2, -0.15) is 5.10 Å². The Morgan fingerprint density at radius 2 is 1.85 bits per heavy atom. The molecule has 1 heterocycles. The average Bonchev–Trinajstić information content (AvgIpc) is 2.52. The van der Waals surface area contributed by atoms with Gasteiger partial charge in [-0.05, 0) is 31.2 Å². The summed E-state index contributed by atoms with van der Waals surface area (Å²) in [5, 5.41) is 7.07. The van der Waals surface area contributed by atoms with Gasteiger partial charge >= 0.3 is 0 Å². The zero-order valence-corrected chi connectivity index (χ0v) is 11.2. The summed E-state index contributed by atoms with van der Waals surface area (Å²) in [5.41, 5.74) is 5.08. The number of hydrogen-bond acceptors (Lipinski definition) is 4. The third-order valence-electron chi connectivity index (χ3n) is 2.67. The lowest BCUT2D eigenvalue weighted by Crippen LogP contribution is -2.26. The van der Waals surface area contributed by atoms with Crippen LogP contribution in [-0.4, -0.2) is 23.1 Å². The number of rotatable bonds is 5. The molecule has 0 radical (unpaired) electrons. The fourth-order valence-electron chi connectivity index (χ4n) is 1.58. The second-order valence-corrected chi connectivity index (χ2v) is 4.19. The Hall–Kier alpha value is -2.69. The minimum Gasteiger partial charge on any atom is -0.376 e. The molecule has 2 aromatic rings. The first-order valence-corrected chi connectivity index (χ1v) is 6.28. The van der Waals surface area contributed by atoms with E-state index < -0.39 is 0 Å². The monoisotopic (exact) mass is 268 g/mol. The highest BCUT2D eigenvalue weighted by Gasteiger charge is 2.01. The molecule has 2 rings (SSSR count). The third kappa shape index (κ3) is 4.20. The predicted octanol–water partition coefficient (Wildman–Crippen LogP) is 2.03. The largest absolute Gasteiger partial charge is 0.376 e. The summed E-state index contributed by atoms with van der Waals surface area (Å²) in [6.07, 6.45) is 3.38. The van der Waals surface area contributed by atoms with Crippen molar-refractivity contribution in [2.24, 2.45) is 5.10 Å². The van der Waals surface area contributed by atoms with Crippen molar-refractivity contribution in [3.63, 3.8) is 0 Å². The first kappa shape index (κ1) is 13.7. The van der Waals surface area contributed by atoms with Gasteiger partial charge in [0.05, 0.1) is 12.3 Å². The maximum atomic E-state index is 11.7. The minimum absolute atomic E-state index is 0.178. The summed E-state index contributed by atoms with van der Waals surface area (Å²) >= 11 is 0. The number of carbonyl (C=O) groups excluding carboxylic acids is 1. The van der Waals surface area contributed by atoms with Crippen LogP contribution >= 0.6 is 0 Å². The van der Waals surface area contributed by atoms with Crippen molar-refractivity contribution in [3.8, 4) is 0 Å². The van der Waals surface area contributed by atoms with Crippen LogP contribution in [-0.2, 0) is 4.79 Å². The van der Waals surface area contributed by atoms with E-state index in [0.29, 0.717) is 0 Å². The molecule has 0 spiro atoms. The number of carbonyl (C=O) groups is 1. The van der Waals surface area contributed by atoms with Gasteiger partial charge in [0.2, 0.25) is 0 Å². The van der Waals surface area contributed by atoms with Gasteiger partial charge in [0, 0.05) is 23.6 Å². The Balaban J connectivity index is 1.83. The highest BCUT2D eigenvalue weighted by molar-refractivity contribution is 5.99. The quantitative estimate of drug-likeness (QED) is 0.644. The molecule has 0 atom stereocenters. The number of nitrogens with zero attached hydrogens (tertiary/aromatic N) is 2. The van der Waals surface area contributed by atoms with E-state index in [1.54, 1.807) is 12.4 Å². The average molecular weight is 268 g/mol. The number of para-hydroxylation sites is 1. The van der Waals surface area contributed by atoms with E-state index in [4.69, 9.17) is 0 Å². The van der Waals surface area contributed by atoms with Crippen molar-refractivity contribution in [2.45, 2.75) is 6.92 Å². The van der Waals surface area contributed by atoms with Crippen LogP contribution in [0.25, 0.3) is 0 Å². The lowest BCUT2D eigenvalue weighted by molar-refractivity contribution is -0.119. The van der Waals surface area contributed by atoms with E-state index in [1.807, 2.05) is 49.4 Å². The highest BCUT2D eigenvalue weighted by Crippen LogP contribution is 2.03. The van der Waals surface area contributed by atoms with Gasteiger partial charge in [-0.1, -0.05) is 18.2 Å². The predicted molar refractivity (Wildman–Crippen MR) is 79.5 cm³/mol. The summed E-state index contributed by atoms with van der Waals surface area (Å²) < 4.78 is 0. The van der Waals surface area contributed by atoms with Gasteiger partial charge in [0.1, 0.15) is 0 Å². The van der Waals surface area contributed by atoms with Crippen molar-refractivity contribution in [1.82, 2.24) is 10.4 Å². The standard InChI is InChI=1S/C15H16N4O/c1-12(13-7-9-16-10-8-13)18-19-15(20)11-17-14-5-3-2-4-6-14/h2-10,17H,11H2,1H3,(H,19,20)/b18-12-. The second kappa shape index (κ2) is 7.04. The summed E-state index contributed by atoms with van der Waals surface area (Å²) in [7, 11) is 0. The normalized spacial score (nSPS) is 10.9. The van der Waals surface area contributed by atoms with Gasteiger partial charge in [-0.3, -0.25) is 9.78 Å². The molecule has 0 aliphatic carbocycles. The molecule has 0 bridgehead atoms. The van der Waals surface area contributed by atoms with E-state index in [2.05, 4.69) is 20.8 Å². The Morgan fingerprint density at radius 3 is 2.55 bits per heavy atom. The second-order valence-electron chi connectivity index (χ2n) is 4.19. The molecule has 0 aliphatic rings. The van der Waals surface area contributed by atoms with E-state index in [9.17, 15) is 4.79 Å². The number of hydrazone groups is 1. The molecule has 1 amide bonds. The van der Waals surface area contributed by atoms with E-state index >= 15 is 0 Å². The van der Waals surface area contributed by atoms with E-state index in [-0.39, 0.29) is 12.5 Å². The van der Waals surface area contributed by atoms with Gasteiger partial charge in [-0.25, -0.2) is 5.43 Å². The minimum atomic E-state index is -0.192. The Labute approximate surface area is 117 Å². The maximum Gasteiger partial charge on any atom is 0.259 e.